The quantitative estimate of drug-likeness (QED) is 0.800. The van der Waals surface area contributed by atoms with Crippen LogP contribution in [0.3, 0.4) is 0 Å². The summed E-state index contributed by atoms with van der Waals surface area (Å²) in [6.45, 7) is -0.707. The highest BCUT2D eigenvalue weighted by molar-refractivity contribution is 7.13. The SMILES string of the molecule is O=C(O)c1sc(CO)nc1C(F)(F)F. The molecule has 1 aromatic heterocycles. The van der Waals surface area contributed by atoms with E-state index in [1.54, 1.807) is 0 Å². The van der Waals surface area contributed by atoms with Gasteiger partial charge in [0, 0.05) is 0 Å². The van der Waals surface area contributed by atoms with Crippen LogP contribution in [0.5, 0.6) is 0 Å². The van der Waals surface area contributed by atoms with Crippen LogP contribution < -0.4 is 0 Å². The molecule has 0 aliphatic rings. The standard InChI is InChI=1S/C6H4F3NO3S/c7-6(8,9)4-3(5(12)13)14-2(1-11)10-4/h11H,1H2,(H,12,13). The van der Waals surface area contributed by atoms with E-state index in [4.69, 9.17) is 10.2 Å². The lowest BCUT2D eigenvalue weighted by Gasteiger charge is -2.02. The van der Waals surface area contributed by atoms with Gasteiger partial charge in [0.1, 0.15) is 9.88 Å². The lowest BCUT2D eigenvalue weighted by molar-refractivity contribution is -0.141. The monoisotopic (exact) mass is 227 g/mol. The normalized spacial score (nSPS) is 11.7. The number of hydrogen-bond donors (Lipinski definition) is 2. The number of rotatable bonds is 2. The molecule has 0 aliphatic heterocycles. The summed E-state index contributed by atoms with van der Waals surface area (Å²) in [5.41, 5.74) is -1.46. The van der Waals surface area contributed by atoms with Gasteiger partial charge in [-0.1, -0.05) is 0 Å². The van der Waals surface area contributed by atoms with Gasteiger partial charge in [0.15, 0.2) is 5.69 Å². The van der Waals surface area contributed by atoms with Crippen molar-refractivity contribution in [3.05, 3.63) is 15.6 Å². The number of aliphatic hydroxyl groups excluding tert-OH is 1. The molecule has 0 amide bonds. The third-order valence-corrected chi connectivity index (χ3v) is 2.30. The van der Waals surface area contributed by atoms with E-state index in [9.17, 15) is 18.0 Å². The molecule has 1 heterocycles. The van der Waals surface area contributed by atoms with Crippen LogP contribution in [0.25, 0.3) is 0 Å². The third kappa shape index (κ3) is 2.02. The van der Waals surface area contributed by atoms with E-state index in [0.29, 0.717) is 11.3 Å². The van der Waals surface area contributed by atoms with Crippen molar-refractivity contribution in [3.8, 4) is 0 Å². The van der Waals surface area contributed by atoms with Crippen LogP contribution >= 0.6 is 11.3 Å². The highest BCUT2D eigenvalue weighted by atomic mass is 32.1. The van der Waals surface area contributed by atoms with Gasteiger partial charge in [0.2, 0.25) is 0 Å². The summed E-state index contributed by atoms with van der Waals surface area (Å²) >= 11 is 0.314. The van der Waals surface area contributed by atoms with E-state index in [0.717, 1.165) is 0 Å². The van der Waals surface area contributed by atoms with Crippen molar-refractivity contribution in [1.29, 1.82) is 0 Å². The number of nitrogens with zero attached hydrogens (tertiary/aromatic N) is 1. The molecule has 0 atom stereocenters. The predicted molar refractivity (Wildman–Crippen MR) is 40.0 cm³/mol. The molecule has 0 aliphatic carbocycles. The summed E-state index contributed by atoms with van der Waals surface area (Å²) in [5, 5.41) is 16.7. The highest BCUT2D eigenvalue weighted by Gasteiger charge is 2.39. The molecule has 1 aromatic rings. The van der Waals surface area contributed by atoms with E-state index in [2.05, 4.69) is 4.98 Å². The number of carbonyl (C=O) groups is 1. The van der Waals surface area contributed by atoms with Crippen LogP contribution in [0.15, 0.2) is 0 Å². The van der Waals surface area contributed by atoms with Crippen molar-refractivity contribution in [3.63, 3.8) is 0 Å². The summed E-state index contributed by atoms with van der Waals surface area (Å²) in [4.78, 5) is 12.5. The first-order chi connectivity index (χ1) is 6.36. The van der Waals surface area contributed by atoms with Gasteiger partial charge in [-0.25, -0.2) is 9.78 Å². The van der Waals surface area contributed by atoms with Crippen LogP contribution in [0.1, 0.15) is 20.4 Å². The van der Waals surface area contributed by atoms with Crippen LogP contribution in [0.4, 0.5) is 13.2 Å². The van der Waals surface area contributed by atoms with Gasteiger partial charge >= 0.3 is 12.1 Å². The summed E-state index contributed by atoms with van der Waals surface area (Å²) < 4.78 is 36.5. The average Bonchev–Trinajstić information content (AvgIpc) is 2.46. The third-order valence-electron chi connectivity index (χ3n) is 1.27. The molecule has 4 nitrogen and oxygen atoms in total. The molecule has 8 heteroatoms. The maximum absolute atomic E-state index is 12.2. The fourth-order valence-electron chi connectivity index (χ4n) is 0.769. The number of carboxylic acids is 1. The van der Waals surface area contributed by atoms with Crippen molar-refractivity contribution in [1.82, 2.24) is 4.98 Å². The van der Waals surface area contributed by atoms with Gasteiger partial charge in [-0.05, 0) is 0 Å². The fraction of sp³-hybridized carbons (Fsp3) is 0.333. The Morgan fingerprint density at radius 3 is 2.36 bits per heavy atom. The molecule has 0 saturated heterocycles. The predicted octanol–water partition coefficient (Wildman–Crippen LogP) is 1.35. The van der Waals surface area contributed by atoms with Gasteiger partial charge in [-0.2, -0.15) is 13.2 Å². The second-order valence-corrected chi connectivity index (χ2v) is 3.33. The molecule has 1 rings (SSSR count). The van der Waals surface area contributed by atoms with E-state index in [1.807, 2.05) is 0 Å². The number of aromatic nitrogens is 1. The zero-order valence-electron chi connectivity index (χ0n) is 6.50. The van der Waals surface area contributed by atoms with E-state index in [1.165, 1.54) is 0 Å². The first-order valence-electron chi connectivity index (χ1n) is 3.27. The topological polar surface area (TPSA) is 70.4 Å². The summed E-state index contributed by atoms with van der Waals surface area (Å²) in [6, 6.07) is 0. The number of aromatic carboxylic acids is 1. The molecular weight excluding hydrogens is 223 g/mol. The molecule has 0 spiro atoms. The summed E-state index contributed by atoms with van der Waals surface area (Å²) in [7, 11) is 0. The Morgan fingerprint density at radius 1 is 1.50 bits per heavy atom. The smallest absolute Gasteiger partial charge is 0.435 e. The number of aliphatic hydroxyl groups is 1. The van der Waals surface area contributed by atoms with Crippen molar-refractivity contribution in [2.75, 3.05) is 0 Å². The van der Waals surface area contributed by atoms with Crippen LogP contribution in [-0.2, 0) is 12.8 Å². The molecule has 0 fully saturated rings. The first kappa shape index (κ1) is 10.9. The molecule has 2 N–H and O–H groups in total. The van der Waals surface area contributed by atoms with Gasteiger partial charge in [0.25, 0.3) is 0 Å². The Labute approximate surface area is 79.6 Å². The van der Waals surface area contributed by atoms with E-state index in [-0.39, 0.29) is 5.01 Å². The maximum atomic E-state index is 12.2. The Hall–Kier alpha value is -1.15. The molecule has 0 aromatic carbocycles. The van der Waals surface area contributed by atoms with Gasteiger partial charge < -0.3 is 10.2 Å². The minimum atomic E-state index is -4.81. The Balaban J connectivity index is 3.26. The zero-order valence-corrected chi connectivity index (χ0v) is 7.32. The van der Waals surface area contributed by atoms with Crippen molar-refractivity contribution in [2.24, 2.45) is 0 Å². The number of halogens is 3. The molecule has 0 unspecified atom stereocenters. The highest BCUT2D eigenvalue weighted by Crippen LogP contribution is 2.34. The second kappa shape index (κ2) is 3.54. The summed E-state index contributed by atoms with van der Waals surface area (Å²) in [5.74, 6) is -1.70. The number of carboxylic acid groups (broad SMARTS) is 1. The van der Waals surface area contributed by atoms with Gasteiger partial charge in [-0.15, -0.1) is 11.3 Å². The summed E-state index contributed by atoms with van der Waals surface area (Å²) in [6.07, 6.45) is -4.81. The molecule has 0 bridgehead atoms. The lowest BCUT2D eigenvalue weighted by atomic mass is 10.3. The van der Waals surface area contributed by atoms with E-state index >= 15 is 0 Å². The molecule has 0 saturated carbocycles. The van der Waals surface area contributed by atoms with E-state index < -0.39 is 29.3 Å². The minimum absolute atomic E-state index is 0.269. The maximum Gasteiger partial charge on any atom is 0.435 e. The van der Waals surface area contributed by atoms with Crippen LogP contribution in [-0.4, -0.2) is 21.2 Å². The average molecular weight is 227 g/mol. The second-order valence-electron chi connectivity index (χ2n) is 2.25. The molecular formula is C6H4F3NO3S. The Bertz CT molecular complexity index is 360. The van der Waals surface area contributed by atoms with Gasteiger partial charge in [-0.3, -0.25) is 0 Å². The Morgan fingerprint density at radius 2 is 2.07 bits per heavy atom. The fourth-order valence-corrected chi connectivity index (χ4v) is 1.55. The largest absolute Gasteiger partial charge is 0.477 e. The van der Waals surface area contributed by atoms with Crippen LogP contribution in [0, 0.1) is 0 Å². The van der Waals surface area contributed by atoms with Crippen LogP contribution in [0.2, 0.25) is 0 Å². The first-order valence-corrected chi connectivity index (χ1v) is 4.09. The van der Waals surface area contributed by atoms with Crippen molar-refractivity contribution < 1.29 is 28.2 Å². The number of hydrogen-bond acceptors (Lipinski definition) is 4. The lowest BCUT2D eigenvalue weighted by Crippen LogP contribution is -2.11. The number of thiazole rings is 1. The van der Waals surface area contributed by atoms with Crippen molar-refractivity contribution in [2.45, 2.75) is 12.8 Å². The molecule has 78 valence electrons. The van der Waals surface area contributed by atoms with Crippen molar-refractivity contribution >= 4 is 17.3 Å². The zero-order chi connectivity index (χ0) is 10.9. The molecule has 14 heavy (non-hydrogen) atoms. The van der Waals surface area contributed by atoms with Gasteiger partial charge in [0.05, 0.1) is 6.61 Å². The number of alkyl halides is 3. The Kier molecular flexibility index (Phi) is 2.76. The minimum Gasteiger partial charge on any atom is -0.477 e. The molecule has 0 radical (unpaired) electrons.